The molecule has 3 rings (SSSR count). The summed E-state index contributed by atoms with van der Waals surface area (Å²) in [6.07, 6.45) is 0. The zero-order valence-corrected chi connectivity index (χ0v) is 16.6. The minimum absolute atomic E-state index is 0.322. The van der Waals surface area contributed by atoms with E-state index in [1.807, 2.05) is 37.2 Å². The average Bonchev–Trinajstić information content (AvgIpc) is 3.01. The van der Waals surface area contributed by atoms with E-state index < -0.39 is 11.8 Å². The lowest BCUT2D eigenvalue weighted by atomic mass is 10.2. The molecule has 27 heavy (non-hydrogen) atoms. The first-order valence-electron chi connectivity index (χ1n) is 8.05. The molecule has 0 bridgehead atoms. The van der Waals surface area contributed by atoms with Crippen molar-refractivity contribution in [2.45, 2.75) is 0 Å². The van der Waals surface area contributed by atoms with Crippen molar-refractivity contribution in [2.24, 2.45) is 0 Å². The van der Waals surface area contributed by atoms with Crippen molar-refractivity contribution in [2.75, 3.05) is 26.1 Å². The van der Waals surface area contributed by atoms with Crippen molar-refractivity contribution in [3.63, 3.8) is 0 Å². The highest BCUT2D eigenvalue weighted by Crippen LogP contribution is 2.37. The Morgan fingerprint density at radius 3 is 2.33 bits per heavy atom. The third kappa shape index (κ3) is 3.99. The Hall–Kier alpha value is -2.77. The summed E-state index contributed by atoms with van der Waals surface area (Å²) in [4.78, 5) is 26.9. The Kier molecular flexibility index (Phi) is 5.53. The fourth-order valence-electron chi connectivity index (χ4n) is 2.47. The van der Waals surface area contributed by atoms with Crippen molar-refractivity contribution in [1.82, 2.24) is 10.9 Å². The number of nitrogens with zero attached hydrogens (tertiary/aromatic N) is 1. The molecule has 0 aliphatic carbocycles. The van der Waals surface area contributed by atoms with Gasteiger partial charge in [0.2, 0.25) is 0 Å². The number of hydrogen-bond acceptors (Lipinski definition) is 5. The van der Waals surface area contributed by atoms with E-state index in [-0.39, 0.29) is 0 Å². The molecule has 2 amide bonds. The zero-order chi connectivity index (χ0) is 19.6. The van der Waals surface area contributed by atoms with Gasteiger partial charge in [-0.25, -0.2) is 0 Å². The van der Waals surface area contributed by atoms with Crippen LogP contribution >= 0.6 is 22.9 Å². The van der Waals surface area contributed by atoms with Crippen LogP contribution in [0.3, 0.4) is 0 Å². The van der Waals surface area contributed by atoms with Gasteiger partial charge < -0.3 is 9.64 Å². The van der Waals surface area contributed by atoms with Crippen molar-refractivity contribution in [1.29, 1.82) is 0 Å². The predicted molar refractivity (Wildman–Crippen MR) is 109 cm³/mol. The van der Waals surface area contributed by atoms with Crippen LogP contribution in [0, 0.1) is 0 Å². The second kappa shape index (κ2) is 7.85. The second-order valence-corrected chi connectivity index (χ2v) is 7.39. The van der Waals surface area contributed by atoms with Crippen LogP contribution in [0.4, 0.5) is 5.69 Å². The lowest BCUT2D eigenvalue weighted by Gasteiger charge is -2.12. The largest absolute Gasteiger partial charge is 0.497 e. The van der Waals surface area contributed by atoms with E-state index >= 15 is 0 Å². The lowest BCUT2D eigenvalue weighted by Crippen LogP contribution is -2.41. The maximum atomic E-state index is 12.4. The number of fused-ring (bicyclic) bond motifs is 1. The predicted octanol–water partition coefficient (Wildman–Crippen LogP) is 3.70. The number of methoxy groups -OCH3 is 1. The molecule has 2 aromatic carbocycles. The summed E-state index contributed by atoms with van der Waals surface area (Å²) < 4.78 is 6.01. The third-order valence-corrected chi connectivity index (χ3v) is 5.63. The number of amides is 2. The third-order valence-electron chi connectivity index (χ3n) is 3.98. The van der Waals surface area contributed by atoms with Gasteiger partial charge in [-0.05, 0) is 42.5 Å². The number of hydrazine groups is 1. The fraction of sp³-hybridized carbons (Fsp3) is 0.158. The summed E-state index contributed by atoms with van der Waals surface area (Å²) in [6, 6.07) is 12.4. The molecule has 0 saturated carbocycles. The highest BCUT2D eigenvalue weighted by Gasteiger charge is 2.18. The molecule has 140 valence electrons. The smallest absolute Gasteiger partial charge is 0.281 e. The van der Waals surface area contributed by atoms with Crippen LogP contribution in [0.1, 0.15) is 20.0 Å². The van der Waals surface area contributed by atoms with Gasteiger partial charge in [-0.1, -0.05) is 11.6 Å². The molecular weight excluding hydrogens is 386 g/mol. The van der Waals surface area contributed by atoms with Crippen LogP contribution in [0.25, 0.3) is 10.1 Å². The number of thiophene rings is 1. The summed E-state index contributed by atoms with van der Waals surface area (Å²) >= 11 is 7.55. The summed E-state index contributed by atoms with van der Waals surface area (Å²) in [5.74, 6) is -0.201. The van der Waals surface area contributed by atoms with Crippen LogP contribution in [0.2, 0.25) is 5.02 Å². The van der Waals surface area contributed by atoms with Crippen LogP contribution in [0.5, 0.6) is 5.75 Å². The van der Waals surface area contributed by atoms with Gasteiger partial charge in [0, 0.05) is 35.4 Å². The van der Waals surface area contributed by atoms with Crippen molar-refractivity contribution in [3.05, 3.63) is 57.9 Å². The Morgan fingerprint density at radius 2 is 1.70 bits per heavy atom. The summed E-state index contributed by atoms with van der Waals surface area (Å²) in [6.45, 7) is 0. The van der Waals surface area contributed by atoms with Crippen LogP contribution < -0.4 is 20.5 Å². The van der Waals surface area contributed by atoms with Gasteiger partial charge in [-0.2, -0.15) is 0 Å². The van der Waals surface area contributed by atoms with Crippen LogP contribution in [0.15, 0.2) is 42.5 Å². The lowest BCUT2D eigenvalue weighted by molar-refractivity contribution is 0.0849. The average molecular weight is 404 g/mol. The van der Waals surface area contributed by atoms with Crippen molar-refractivity contribution in [3.8, 4) is 5.75 Å². The Morgan fingerprint density at radius 1 is 1.04 bits per heavy atom. The quantitative estimate of drug-likeness (QED) is 0.651. The normalized spacial score (nSPS) is 10.5. The first-order chi connectivity index (χ1) is 12.9. The van der Waals surface area contributed by atoms with Gasteiger partial charge in [0.05, 0.1) is 12.1 Å². The molecule has 0 atom stereocenters. The molecule has 3 aromatic rings. The standard InChI is InChI=1S/C19H18ClN3O3S/c1-23(2)12-6-4-11(5-7-12)18(24)21-22-19(25)17-16(20)14-9-8-13(26-3)10-15(14)27-17/h4-10H,1-3H3,(H,21,24)(H,22,25). The Bertz CT molecular complexity index is 999. The fourth-order valence-corrected chi connectivity index (χ4v) is 3.91. The molecule has 1 aromatic heterocycles. The number of rotatable bonds is 4. The second-order valence-electron chi connectivity index (χ2n) is 5.96. The molecule has 1 heterocycles. The van der Waals surface area contributed by atoms with Gasteiger partial charge >= 0.3 is 0 Å². The SMILES string of the molecule is COc1ccc2c(Cl)c(C(=O)NNC(=O)c3ccc(N(C)C)cc3)sc2c1. The maximum Gasteiger partial charge on any atom is 0.281 e. The number of carbonyl (C=O) groups excluding carboxylic acids is 2. The molecule has 0 spiro atoms. The number of nitrogens with one attached hydrogen (secondary N) is 2. The number of benzene rings is 2. The molecule has 2 N–H and O–H groups in total. The van der Waals surface area contributed by atoms with Gasteiger partial charge in [0.25, 0.3) is 11.8 Å². The van der Waals surface area contributed by atoms with E-state index in [0.717, 1.165) is 15.8 Å². The minimum atomic E-state index is -0.474. The topological polar surface area (TPSA) is 70.7 Å². The monoisotopic (exact) mass is 403 g/mol. The van der Waals surface area contributed by atoms with Crippen molar-refractivity contribution >= 4 is 50.5 Å². The van der Waals surface area contributed by atoms with E-state index in [1.165, 1.54) is 11.3 Å². The van der Waals surface area contributed by atoms with Crippen LogP contribution in [-0.4, -0.2) is 33.0 Å². The van der Waals surface area contributed by atoms with Gasteiger partial charge in [0.15, 0.2) is 0 Å². The number of hydrogen-bond donors (Lipinski definition) is 2. The number of halogens is 1. The molecule has 0 aliphatic rings. The van der Waals surface area contributed by atoms with Crippen LogP contribution in [-0.2, 0) is 0 Å². The molecule has 0 aliphatic heterocycles. The summed E-state index contributed by atoms with van der Waals surface area (Å²) in [7, 11) is 5.41. The summed E-state index contributed by atoms with van der Waals surface area (Å²) in [5, 5.41) is 1.11. The van der Waals surface area contributed by atoms with Gasteiger partial charge in [-0.15, -0.1) is 11.3 Å². The molecule has 8 heteroatoms. The maximum absolute atomic E-state index is 12.4. The Balaban J connectivity index is 1.71. The molecular formula is C19H18ClN3O3S. The molecule has 0 unspecified atom stereocenters. The Labute approximate surface area is 165 Å². The van der Waals surface area contributed by atoms with Gasteiger partial charge in [-0.3, -0.25) is 20.4 Å². The van der Waals surface area contributed by atoms with E-state index in [0.29, 0.717) is 21.2 Å². The summed E-state index contributed by atoms with van der Waals surface area (Å²) in [5.41, 5.74) is 6.24. The first kappa shape index (κ1) is 19.0. The van der Waals surface area contributed by atoms with E-state index in [9.17, 15) is 9.59 Å². The molecule has 0 fully saturated rings. The molecule has 0 saturated heterocycles. The van der Waals surface area contributed by atoms with Gasteiger partial charge in [0.1, 0.15) is 10.6 Å². The van der Waals surface area contributed by atoms with E-state index in [1.54, 1.807) is 31.4 Å². The molecule has 0 radical (unpaired) electrons. The van der Waals surface area contributed by atoms with E-state index in [2.05, 4.69) is 10.9 Å². The number of anilines is 1. The zero-order valence-electron chi connectivity index (χ0n) is 15.0. The number of carbonyl (C=O) groups is 2. The molecule has 6 nitrogen and oxygen atoms in total. The number of ether oxygens (including phenoxy) is 1. The minimum Gasteiger partial charge on any atom is -0.497 e. The highest BCUT2D eigenvalue weighted by molar-refractivity contribution is 7.21. The van der Waals surface area contributed by atoms with E-state index in [4.69, 9.17) is 16.3 Å². The van der Waals surface area contributed by atoms with Crippen molar-refractivity contribution < 1.29 is 14.3 Å². The highest BCUT2D eigenvalue weighted by atomic mass is 35.5. The first-order valence-corrected chi connectivity index (χ1v) is 9.24.